The number of carbonyl (C=O) groups excluding carboxylic acids is 1. The van der Waals surface area contributed by atoms with E-state index in [0.717, 1.165) is 6.92 Å². The third-order valence-electron chi connectivity index (χ3n) is 5.97. The molecule has 0 bridgehead atoms. The number of ether oxygens (including phenoxy) is 2. The van der Waals surface area contributed by atoms with Crippen LogP contribution in [0, 0.1) is 0 Å². The number of para-hydroxylation sites is 1. The SMILES string of the molecule is CNc1nc(NC)c2ncn([C@@H]3OC(COP(=O)(N[C@@H](C)C(=O)OC(C)C)Oc4ccccc4)=C(O)[C@@]3(C)F)c2n1. The lowest BCUT2D eigenvalue weighted by molar-refractivity contribution is -0.149. The fraction of sp³-hybridized carbons (Fsp3) is 0.440. The number of rotatable bonds is 12. The van der Waals surface area contributed by atoms with Crippen molar-refractivity contribution in [2.75, 3.05) is 31.3 Å². The van der Waals surface area contributed by atoms with Crippen LogP contribution in [-0.2, 0) is 23.4 Å². The molecule has 0 saturated heterocycles. The van der Waals surface area contributed by atoms with Gasteiger partial charge in [-0.05, 0) is 39.8 Å². The summed E-state index contributed by atoms with van der Waals surface area (Å²) >= 11 is 0. The van der Waals surface area contributed by atoms with Gasteiger partial charge in [-0.3, -0.25) is 13.9 Å². The molecule has 4 rings (SSSR count). The number of nitrogens with zero attached hydrogens (tertiary/aromatic N) is 4. The molecule has 0 spiro atoms. The minimum atomic E-state index is -4.31. The first-order valence-electron chi connectivity index (χ1n) is 12.7. The number of nitrogens with one attached hydrogen (secondary N) is 3. The van der Waals surface area contributed by atoms with Gasteiger partial charge in [0.05, 0.1) is 6.10 Å². The van der Waals surface area contributed by atoms with Crippen LogP contribution in [-0.4, -0.2) is 69.1 Å². The Morgan fingerprint density at radius 3 is 2.56 bits per heavy atom. The van der Waals surface area contributed by atoms with Gasteiger partial charge in [0.15, 0.2) is 28.5 Å². The van der Waals surface area contributed by atoms with Gasteiger partial charge in [0.2, 0.25) is 17.8 Å². The number of anilines is 2. The van der Waals surface area contributed by atoms with E-state index in [1.54, 1.807) is 46.1 Å². The van der Waals surface area contributed by atoms with Gasteiger partial charge in [-0.2, -0.15) is 15.1 Å². The number of aliphatic hydroxyl groups is 1. The van der Waals surface area contributed by atoms with Crippen LogP contribution in [0.25, 0.3) is 11.2 Å². The summed E-state index contributed by atoms with van der Waals surface area (Å²) in [7, 11) is -1.03. The first-order valence-corrected chi connectivity index (χ1v) is 14.3. The van der Waals surface area contributed by atoms with Crippen molar-refractivity contribution in [3.8, 4) is 5.75 Å². The van der Waals surface area contributed by atoms with Crippen LogP contribution in [0.4, 0.5) is 16.2 Å². The van der Waals surface area contributed by atoms with E-state index >= 15 is 4.39 Å². The summed E-state index contributed by atoms with van der Waals surface area (Å²) in [6, 6.07) is 7.02. The molecule has 1 aliphatic heterocycles. The molecule has 3 aromatic rings. The summed E-state index contributed by atoms with van der Waals surface area (Å²) < 4.78 is 53.2. The Balaban J connectivity index is 1.59. The fourth-order valence-electron chi connectivity index (χ4n) is 3.96. The molecule has 1 unspecified atom stereocenters. The van der Waals surface area contributed by atoms with E-state index < -0.39 is 50.1 Å². The van der Waals surface area contributed by atoms with Crippen molar-refractivity contribution in [1.29, 1.82) is 0 Å². The highest BCUT2D eigenvalue weighted by Crippen LogP contribution is 2.49. The molecule has 1 aliphatic rings. The molecule has 4 atom stereocenters. The Morgan fingerprint density at radius 1 is 1.22 bits per heavy atom. The molecule has 0 fully saturated rings. The van der Waals surface area contributed by atoms with Gasteiger partial charge in [0.1, 0.15) is 24.7 Å². The van der Waals surface area contributed by atoms with Gasteiger partial charge >= 0.3 is 13.7 Å². The van der Waals surface area contributed by atoms with Crippen LogP contribution < -0.4 is 20.2 Å². The summed E-state index contributed by atoms with van der Waals surface area (Å²) in [4.78, 5) is 25.3. The largest absolute Gasteiger partial charge is 0.506 e. The second kappa shape index (κ2) is 11.9. The molecule has 14 nitrogen and oxygen atoms in total. The van der Waals surface area contributed by atoms with Crippen LogP contribution in [0.15, 0.2) is 48.2 Å². The minimum absolute atomic E-state index is 0.178. The maximum Gasteiger partial charge on any atom is 0.459 e. The zero-order valence-corrected chi connectivity index (χ0v) is 24.3. The summed E-state index contributed by atoms with van der Waals surface area (Å²) in [6.07, 6.45) is -0.544. The molecule has 0 radical (unpaired) electrons. The smallest absolute Gasteiger partial charge is 0.459 e. The van der Waals surface area contributed by atoms with Crippen molar-refractivity contribution < 1.29 is 37.4 Å². The van der Waals surface area contributed by atoms with Crippen LogP contribution >= 0.6 is 7.75 Å². The van der Waals surface area contributed by atoms with Crippen LogP contribution in [0.3, 0.4) is 0 Å². The maximum absolute atomic E-state index is 16.0. The lowest BCUT2D eigenvalue weighted by atomic mass is 10.1. The minimum Gasteiger partial charge on any atom is -0.506 e. The van der Waals surface area contributed by atoms with E-state index in [-0.39, 0.29) is 23.1 Å². The van der Waals surface area contributed by atoms with Gasteiger partial charge < -0.3 is 29.7 Å². The number of imidazole rings is 1. The van der Waals surface area contributed by atoms with Gasteiger partial charge in [-0.15, -0.1) is 0 Å². The number of alkyl halides is 1. The molecule has 2 aromatic heterocycles. The van der Waals surface area contributed by atoms with E-state index in [0.29, 0.717) is 11.3 Å². The molecule has 3 heterocycles. The van der Waals surface area contributed by atoms with E-state index in [2.05, 4.69) is 30.7 Å². The maximum atomic E-state index is 16.0. The molecule has 16 heteroatoms. The van der Waals surface area contributed by atoms with Gasteiger partial charge in [-0.25, -0.2) is 13.9 Å². The summed E-state index contributed by atoms with van der Waals surface area (Å²) in [5, 5.41) is 19.1. The second-order valence-electron chi connectivity index (χ2n) is 9.55. The van der Waals surface area contributed by atoms with Gasteiger partial charge in [-0.1, -0.05) is 18.2 Å². The number of benzene rings is 1. The standard InChI is InChI=1S/C25H33FN7O7P/c1-14(2)38-22(35)15(3)32-41(36,40-16-10-8-7-9-11-16)37-12-17-19(34)25(4,26)23(39-17)33-13-29-18-20(27-5)30-24(28-6)31-21(18)33/h7-11,13-15,23,34H,12H2,1-6H3,(H,32,36)(H2,27,28,30,31)/t15-,23+,25+,41?/m0/s1. The average molecular weight is 594 g/mol. The van der Waals surface area contributed by atoms with Crippen molar-refractivity contribution in [2.24, 2.45) is 0 Å². The number of hydrogen-bond donors (Lipinski definition) is 4. The topological polar surface area (TPSA) is 171 Å². The highest BCUT2D eigenvalue weighted by molar-refractivity contribution is 7.52. The molecular weight excluding hydrogens is 560 g/mol. The quantitative estimate of drug-likeness (QED) is 0.175. The Kier molecular flexibility index (Phi) is 8.71. The molecule has 222 valence electrons. The molecule has 0 aliphatic carbocycles. The predicted molar refractivity (Wildman–Crippen MR) is 148 cm³/mol. The lowest BCUT2D eigenvalue weighted by Gasteiger charge is -2.24. The highest BCUT2D eigenvalue weighted by Gasteiger charge is 2.51. The van der Waals surface area contributed by atoms with Crippen LogP contribution in [0.1, 0.15) is 33.9 Å². The third kappa shape index (κ3) is 6.37. The Morgan fingerprint density at radius 2 is 1.93 bits per heavy atom. The molecule has 0 amide bonds. The fourth-order valence-corrected chi connectivity index (χ4v) is 5.41. The predicted octanol–water partition coefficient (Wildman–Crippen LogP) is 4.07. The molecular formula is C25H33FN7O7P. The van der Waals surface area contributed by atoms with Crippen molar-refractivity contribution >= 4 is 36.6 Å². The van der Waals surface area contributed by atoms with Gasteiger partial charge in [0.25, 0.3) is 0 Å². The first-order chi connectivity index (χ1) is 19.4. The highest BCUT2D eigenvalue weighted by atomic mass is 31.2. The second-order valence-corrected chi connectivity index (χ2v) is 11.2. The van der Waals surface area contributed by atoms with Crippen molar-refractivity contribution in [3.05, 3.63) is 48.2 Å². The summed E-state index contributed by atoms with van der Waals surface area (Å²) in [5.41, 5.74) is -1.87. The number of aliphatic hydroxyl groups excluding tert-OH is 1. The Labute approximate surface area is 235 Å². The normalized spacial score (nSPS) is 20.9. The number of halogens is 1. The molecule has 41 heavy (non-hydrogen) atoms. The Hall–Kier alpha value is -3.94. The lowest BCUT2D eigenvalue weighted by Crippen LogP contribution is -2.36. The monoisotopic (exact) mass is 593 g/mol. The van der Waals surface area contributed by atoms with Crippen LogP contribution in [0.2, 0.25) is 0 Å². The van der Waals surface area contributed by atoms with E-state index in [1.165, 1.54) is 30.0 Å². The first kappa shape index (κ1) is 30.0. The number of carbonyl (C=O) groups is 1. The third-order valence-corrected chi connectivity index (χ3v) is 7.59. The zero-order valence-electron chi connectivity index (χ0n) is 23.4. The average Bonchev–Trinajstić information content (AvgIpc) is 3.44. The van der Waals surface area contributed by atoms with E-state index in [4.69, 9.17) is 18.5 Å². The number of fused-ring (bicyclic) bond motifs is 1. The summed E-state index contributed by atoms with van der Waals surface area (Å²) in [5.74, 6) is -0.983. The molecule has 1 aromatic carbocycles. The van der Waals surface area contributed by atoms with Crippen molar-refractivity contribution in [2.45, 2.75) is 51.7 Å². The number of aromatic nitrogens is 4. The molecule has 0 saturated carbocycles. The van der Waals surface area contributed by atoms with Crippen molar-refractivity contribution in [3.63, 3.8) is 0 Å². The molecule has 4 N–H and O–H groups in total. The number of hydrogen-bond acceptors (Lipinski definition) is 12. The van der Waals surface area contributed by atoms with E-state index in [1.807, 2.05) is 0 Å². The zero-order chi connectivity index (χ0) is 29.9. The Bertz CT molecular complexity index is 1480. The van der Waals surface area contributed by atoms with Crippen molar-refractivity contribution in [1.82, 2.24) is 24.6 Å². The van der Waals surface area contributed by atoms with Crippen LogP contribution in [0.5, 0.6) is 5.75 Å². The van der Waals surface area contributed by atoms with E-state index in [9.17, 15) is 14.5 Å². The summed E-state index contributed by atoms with van der Waals surface area (Å²) in [6.45, 7) is 5.22. The van der Waals surface area contributed by atoms with Gasteiger partial charge in [0, 0.05) is 14.1 Å². The number of esters is 1.